The monoisotopic (exact) mass is 256 g/mol. The van der Waals surface area contributed by atoms with Crippen LogP contribution in [0, 0.1) is 0 Å². The molecule has 0 fully saturated rings. The highest BCUT2D eigenvalue weighted by molar-refractivity contribution is 7.87. The lowest BCUT2D eigenvalue weighted by atomic mass is 10.0. The second kappa shape index (κ2) is 4.64. The van der Waals surface area contributed by atoms with Crippen LogP contribution < -0.4 is 9.46 Å². The van der Waals surface area contributed by atoms with Gasteiger partial charge in [0.1, 0.15) is 5.75 Å². The number of benzene rings is 1. The molecule has 0 aliphatic carbocycles. The quantitative estimate of drug-likeness (QED) is 0.856. The number of ether oxygens (including phenoxy) is 1. The van der Waals surface area contributed by atoms with E-state index in [2.05, 4.69) is 4.72 Å². The van der Waals surface area contributed by atoms with Crippen molar-refractivity contribution in [3.05, 3.63) is 29.8 Å². The first-order chi connectivity index (χ1) is 8.00. The molecule has 0 saturated heterocycles. The highest BCUT2D eigenvalue weighted by atomic mass is 32.2. The van der Waals surface area contributed by atoms with Crippen molar-refractivity contribution in [2.45, 2.75) is 5.92 Å². The molecule has 5 nitrogen and oxygen atoms in total. The van der Waals surface area contributed by atoms with Crippen LogP contribution in [0.25, 0.3) is 0 Å². The van der Waals surface area contributed by atoms with Crippen molar-refractivity contribution in [1.82, 2.24) is 9.03 Å². The van der Waals surface area contributed by atoms with Gasteiger partial charge in [-0.05, 0) is 6.07 Å². The Hall–Kier alpha value is -1.11. The number of para-hydroxylation sites is 1. The van der Waals surface area contributed by atoms with E-state index in [-0.39, 0.29) is 5.92 Å². The van der Waals surface area contributed by atoms with Gasteiger partial charge in [0.25, 0.3) is 10.2 Å². The molecule has 0 bridgehead atoms. The lowest BCUT2D eigenvalue weighted by Gasteiger charge is -2.14. The molecule has 1 N–H and O–H groups in total. The van der Waals surface area contributed by atoms with Crippen LogP contribution in [0.4, 0.5) is 0 Å². The van der Waals surface area contributed by atoms with Gasteiger partial charge in [-0.15, -0.1) is 0 Å². The summed E-state index contributed by atoms with van der Waals surface area (Å²) in [7, 11) is -0.358. The molecule has 1 unspecified atom stereocenters. The van der Waals surface area contributed by atoms with Crippen LogP contribution in [0.15, 0.2) is 24.3 Å². The zero-order valence-electron chi connectivity index (χ0n) is 9.88. The molecule has 17 heavy (non-hydrogen) atoms. The van der Waals surface area contributed by atoms with Crippen LogP contribution in [-0.2, 0) is 10.2 Å². The van der Waals surface area contributed by atoms with E-state index in [4.69, 9.17) is 4.74 Å². The summed E-state index contributed by atoms with van der Waals surface area (Å²) in [6, 6.07) is 7.71. The first-order valence-electron chi connectivity index (χ1n) is 5.39. The lowest BCUT2D eigenvalue weighted by molar-refractivity contribution is 0.330. The summed E-state index contributed by atoms with van der Waals surface area (Å²) >= 11 is 0. The molecule has 0 amide bonds. The van der Waals surface area contributed by atoms with Crippen LogP contribution in [0.2, 0.25) is 0 Å². The SMILES string of the molecule is CN(C)S(=O)(=O)NCC1COc2ccccc21. The van der Waals surface area contributed by atoms with Gasteiger partial charge in [0.15, 0.2) is 0 Å². The maximum atomic E-state index is 11.6. The first-order valence-corrected chi connectivity index (χ1v) is 6.83. The third-order valence-electron chi connectivity index (χ3n) is 2.79. The predicted molar refractivity (Wildman–Crippen MR) is 65.3 cm³/mol. The van der Waals surface area contributed by atoms with Crippen molar-refractivity contribution in [3.8, 4) is 5.75 Å². The van der Waals surface area contributed by atoms with Gasteiger partial charge in [0.05, 0.1) is 6.61 Å². The molecular formula is C11H16N2O3S. The summed E-state index contributed by atoms with van der Waals surface area (Å²) in [6.45, 7) is 0.882. The third-order valence-corrected chi connectivity index (χ3v) is 4.28. The number of hydrogen-bond donors (Lipinski definition) is 1. The normalized spacial score (nSPS) is 19.1. The zero-order chi connectivity index (χ0) is 12.5. The number of nitrogens with zero attached hydrogens (tertiary/aromatic N) is 1. The second-order valence-corrected chi connectivity index (χ2v) is 6.15. The molecule has 6 heteroatoms. The molecule has 0 saturated carbocycles. The van der Waals surface area contributed by atoms with Crippen LogP contribution in [-0.4, -0.2) is 40.0 Å². The van der Waals surface area contributed by atoms with Gasteiger partial charge in [-0.2, -0.15) is 12.7 Å². The van der Waals surface area contributed by atoms with Gasteiger partial charge >= 0.3 is 0 Å². The van der Waals surface area contributed by atoms with Gasteiger partial charge in [0.2, 0.25) is 0 Å². The summed E-state index contributed by atoms with van der Waals surface area (Å²) in [5.74, 6) is 0.933. The van der Waals surface area contributed by atoms with Crippen molar-refractivity contribution < 1.29 is 13.2 Å². The number of hydrogen-bond acceptors (Lipinski definition) is 3. The molecule has 1 aliphatic rings. The summed E-state index contributed by atoms with van der Waals surface area (Å²) in [4.78, 5) is 0. The van der Waals surface area contributed by atoms with Crippen molar-refractivity contribution in [2.75, 3.05) is 27.2 Å². The Morgan fingerprint density at radius 1 is 1.41 bits per heavy atom. The fourth-order valence-corrected chi connectivity index (χ4v) is 2.40. The first kappa shape index (κ1) is 12.3. The summed E-state index contributed by atoms with van der Waals surface area (Å²) in [6.07, 6.45) is 0. The predicted octanol–water partition coefficient (Wildman–Crippen LogP) is 0.559. The minimum absolute atomic E-state index is 0.0842. The molecule has 1 atom stereocenters. The highest BCUT2D eigenvalue weighted by Crippen LogP contribution is 2.32. The van der Waals surface area contributed by atoms with Gasteiger partial charge in [0, 0.05) is 32.1 Å². The lowest BCUT2D eigenvalue weighted by Crippen LogP contribution is -2.38. The smallest absolute Gasteiger partial charge is 0.278 e. The average Bonchev–Trinajstić information content (AvgIpc) is 2.69. The molecule has 2 rings (SSSR count). The summed E-state index contributed by atoms with van der Waals surface area (Å²) in [5, 5.41) is 0. The number of fused-ring (bicyclic) bond motifs is 1. The fourth-order valence-electron chi connectivity index (χ4n) is 1.73. The Morgan fingerprint density at radius 3 is 2.82 bits per heavy atom. The van der Waals surface area contributed by atoms with E-state index in [1.54, 1.807) is 0 Å². The number of rotatable bonds is 4. The van der Waals surface area contributed by atoms with Crippen molar-refractivity contribution in [2.24, 2.45) is 0 Å². The van der Waals surface area contributed by atoms with Crippen LogP contribution in [0.1, 0.15) is 11.5 Å². The molecule has 1 aromatic carbocycles. The van der Waals surface area contributed by atoms with Crippen LogP contribution in [0.5, 0.6) is 5.75 Å². The van der Waals surface area contributed by atoms with E-state index in [1.807, 2.05) is 24.3 Å². The molecule has 0 aromatic heterocycles. The third kappa shape index (κ3) is 2.59. The Labute approximate surface area is 102 Å². The van der Waals surface area contributed by atoms with E-state index >= 15 is 0 Å². The average molecular weight is 256 g/mol. The second-order valence-electron chi connectivity index (χ2n) is 4.18. The van der Waals surface area contributed by atoms with Gasteiger partial charge in [-0.25, -0.2) is 4.72 Å². The molecule has 94 valence electrons. The maximum Gasteiger partial charge on any atom is 0.278 e. The van der Waals surface area contributed by atoms with Gasteiger partial charge in [-0.3, -0.25) is 0 Å². The minimum Gasteiger partial charge on any atom is -0.493 e. The Balaban J connectivity index is 2.04. The zero-order valence-corrected chi connectivity index (χ0v) is 10.7. The topological polar surface area (TPSA) is 58.6 Å². The van der Waals surface area contributed by atoms with Crippen molar-refractivity contribution in [1.29, 1.82) is 0 Å². The summed E-state index contributed by atoms with van der Waals surface area (Å²) < 4.78 is 32.4. The Morgan fingerprint density at radius 2 is 2.12 bits per heavy atom. The van der Waals surface area contributed by atoms with Crippen LogP contribution >= 0.6 is 0 Å². The molecule has 0 spiro atoms. The van der Waals surface area contributed by atoms with Crippen LogP contribution in [0.3, 0.4) is 0 Å². The van der Waals surface area contributed by atoms with Crippen molar-refractivity contribution >= 4 is 10.2 Å². The molecular weight excluding hydrogens is 240 g/mol. The largest absolute Gasteiger partial charge is 0.493 e. The van der Waals surface area contributed by atoms with Gasteiger partial charge in [-0.1, -0.05) is 18.2 Å². The number of nitrogens with one attached hydrogen (secondary N) is 1. The van der Waals surface area contributed by atoms with E-state index in [0.29, 0.717) is 13.2 Å². The molecule has 0 radical (unpaired) electrons. The summed E-state index contributed by atoms with van der Waals surface area (Å²) in [5.41, 5.74) is 1.06. The molecule has 1 heterocycles. The highest BCUT2D eigenvalue weighted by Gasteiger charge is 2.25. The maximum absolute atomic E-state index is 11.6. The van der Waals surface area contributed by atoms with E-state index in [0.717, 1.165) is 15.6 Å². The Bertz CT molecular complexity index is 499. The molecule has 1 aliphatic heterocycles. The Kier molecular flexibility index (Phi) is 3.37. The van der Waals surface area contributed by atoms with Gasteiger partial charge < -0.3 is 4.74 Å². The minimum atomic E-state index is -3.36. The van der Waals surface area contributed by atoms with E-state index < -0.39 is 10.2 Å². The van der Waals surface area contributed by atoms with E-state index in [1.165, 1.54) is 14.1 Å². The standard InChI is InChI=1S/C11H16N2O3S/c1-13(2)17(14,15)12-7-9-8-16-11-6-4-3-5-10(9)11/h3-6,9,12H,7-8H2,1-2H3. The van der Waals surface area contributed by atoms with E-state index in [9.17, 15) is 8.42 Å². The van der Waals surface area contributed by atoms with Crippen molar-refractivity contribution in [3.63, 3.8) is 0 Å². The fraction of sp³-hybridized carbons (Fsp3) is 0.455. The molecule has 1 aromatic rings.